The maximum absolute atomic E-state index is 13.2. The molecule has 2 heterocycles. The fourth-order valence-electron chi connectivity index (χ4n) is 3.71. The molecule has 0 bridgehead atoms. The summed E-state index contributed by atoms with van der Waals surface area (Å²) in [4.78, 5) is 10.3. The molecular formula is C21H21F2N3. The second-order valence-electron chi connectivity index (χ2n) is 6.84. The number of nitrogens with zero attached hydrogens (tertiary/aromatic N) is 3. The lowest BCUT2D eigenvalue weighted by Gasteiger charge is -2.33. The Morgan fingerprint density at radius 1 is 0.923 bits per heavy atom. The molecule has 5 heteroatoms. The molecule has 3 aromatic rings. The van der Waals surface area contributed by atoms with Crippen LogP contribution < -0.4 is 4.90 Å². The minimum Gasteiger partial charge on any atom is -0.356 e. The first kappa shape index (κ1) is 16.9. The molecule has 26 heavy (non-hydrogen) atoms. The maximum Gasteiger partial charge on any atom is 0.297 e. The summed E-state index contributed by atoms with van der Waals surface area (Å²) < 4.78 is 26.4. The van der Waals surface area contributed by atoms with Crippen molar-refractivity contribution in [3.05, 3.63) is 66.0 Å². The summed E-state index contributed by atoms with van der Waals surface area (Å²) in [6.45, 7) is 1.67. The number of aromatic nitrogens is 2. The van der Waals surface area contributed by atoms with Crippen LogP contribution in [0.4, 0.5) is 14.6 Å². The van der Waals surface area contributed by atoms with Gasteiger partial charge in [0.1, 0.15) is 5.82 Å². The predicted molar refractivity (Wildman–Crippen MR) is 99.6 cm³/mol. The van der Waals surface area contributed by atoms with Gasteiger partial charge in [-0.2, -0.15) is 0 Å². The molecule has 0 aliphatic carbocycles. The zero-order valence-corrected chi connectivity index (χ0v) is 14.5. The molecule has 1 fully saturated rings. The summed E-state index contributed by atoms with van der Waals surface area (Å²) in [5.74, 6) is 0.880. The number of alkyl halides is 2. The van der Waals surface area contributed by atoms with Crippen molar-refractivity contribution >= 4 is 16.7 Å². The highest BCUT2D eigenvalue weighted by Crippen LogP contribution is 2.31. The van der Waals surface area contributed by atoms with Gasteiger partial charge in [-0.15, -0.1) is 0 Å². The van der Waals surface area contributed by atoms with Crippen molar-refractivity contribution in [1.82, 2.24) is 9.97 Å². The Labute approximate surface area is 151 Å². The van der Waals surface area contributed by atoms with Crippen LogP contribution in [-0.4, -0.2) is 23.1 Å². The number of rotatable bonds is 4. The molecule has 1 aliphatic heterocycles. The van der Waals surface area contributed by atoms with E-state index in [9.17, 15) is 8.78 Å². The van der Waals surface area contributed by atoms with Crippen LogP contribution in [0.25, 0.3) is 10.9 Å². The Bertz CT molecular complexity index is 875. The summed E-state index contributed by atoms with van der Waals surface area (Å²) in [6, 6.07) is 17.9. The van der Waals surface area contributed by atoms with Crippen LogP contribution in [-0.2, 0) is 6.42 Å². The normalized spacial score (nSPS) is 15.7. The van der Waals surface area contributed by atoms with Gasteiger partial charge in [-0.3, -0.25) is 0 Å². The molecule has 0 spiro atoms. The summed E-state index contributed by atoms with van der Waals surface area (Å²) in [6.07, 6.45) is 0.490. The lowest BCUT2D eigenvalue weighted by atomic mass is 9.90. The fourth-order valence-corrected chi connectivity index (χ4v) is 3.71. The molecule has 0 N–H and O–H groups in total. The molecule has 0 atom stereocenters. The van der Waals surface area contributed by atoms with Crippen LogP contribution in [0.3, 0.4) is 0 Å². The van der Waals surface area contributed by atoms with Gasteiger partial charge < -0.3 is 4.90 Å². The highest BCUT2D eigenvalue weighted by molar-refractivity contribution is 5.89. The third kappa shape index (κ3) is 3.52. The van der Waals surface area contributed by atoms with Gasteiger partial charge in [0.2, 0.25) is 0 Å². The number of benzene rings is 2. The Morgan fingerprint density at radius 2 is 1.62 bits per heavy atom. The zero-order chi connectivity index (χ0) is 17.9. The van der Waals surface area contributed by atoms with E-state index >= 15 is 0 Å². The number of fused-ring (bicyclic) bond motifs is 1. The van der Waals surface area contributed by atoms with Crippen molar-refractivity contribution in [2.24, 2.45) is 5.92 Å². The van der Waals surface area contributed by atoms with E-state index in [-0.39, 0.29) is 5.82 Å². The second kappa shape index (κ2) is 7.36. The van der Waals surface area contributed by atoms with Gasteiger partial charge in [-0.1, -0.05) is 42.5 Å². The van der Waals surface area contributed by atoms with Crippen LogP contribution in [0, 0.1) is 5.92 Å². The third-order valence-electron chi connectivity index (χ3n) is 5.08. The Kier molecular flexibility index (Phi) is 4.78. The maximum atomic E-state index is 13.2. The summed E-state index contributed by atoms with van der Waals surface area (Å²) in [7, 11) is 0. The van der Waals surface area contributed by atoms with E-state index in [1.807, 2.05) is 24.3 Å². The number of hydrogen-bond acceptors (Lipinski definition) is 3. The van der Waals surface area contributed by atoms with E-state index in [1.165, 1.54) is 5.56 Å². The van der Waals surface area contributed by atoms with E-state index in [1.54, 1.807) is 6.07 Å². The van der Waals surface area contributed by atoms with Crippen LogP contribution in [0.2, 0.25) is 0 Å². The first-order valence-electron chi connectivity index (χ1n) is 9.04. The van der Waals surface area contributed by atoms with Crippen molar-refractivity contribution < 1.29 is 8.78 Å². The third-order valence-corrected chi connectivity index (χ3v) is 5.08. The minimum absolute atomic E-state index is 0.384. The number of para-hydroxylation sites is 1. The van der Waals surface area contributed by atoms with Crippen molar-refractivity contribution in [2.75, 3.05) is 18.0 Å². The number of halogens is 2. The Hall–Kier alpha value is -2.56. The molecule has 4 rings (SSSR count). The highest BCUT2D eigenvalue weighted by atomic mass is 19.3. The zero-order valence-electron chi connectivity index (χ0n) is 14.5. The average molecular weight is 353 g/mol. The van der Waals surface area contributed by atoms with Gasteiger partial charge in [0.15, 0.2) is 5.82 Å². The van der Waals surface area contributed by atoms with Gasteiger partial charge >= 0.3 is 0 Å². The molecule has 0 amide bonds. The van der Waals surface area contributed by atoms with E-state index in [0.717, 1.165) is 37.7 Å². The van der Waals surface area contributed by atoms with Crippen molar-refractivity contribution in [2.45, 2.75) is 25.7 Å². The molecular weight excluding hydrogens is 332 g/mol. The van der Waals surface area contributed by atoms with Crippen LogP contribution >= 0.6 is 0 Å². The topological polar surface area (TPSA) is 29.0 Å². The molecule has 1 saturated heterocycles. The van der Waals surface area contributed by atoms with Gasteiger partial charge in [0, 0.05) is 18.5 Å². The molecule has 1 aliphatic rings. The average Bonchev–Trinajstić information content (AvgIpc) is 2.68. The monoisotopic (exact) mass is 353 g/mol. The summed E-state index contributed by atoms with van der Waals surface area (Å²) in [5, 5.41) is 0.846. The predicted octanol–water partition coefficient (Wildman–Crippen LogP) is 5.03. The van der Waals surface area contributed by atoms with E-state index in [2.05, 4.69) is 39.1 Å². The van der Waals surface area contributed by atoms with Gasteiger partial charge in [-0.05, 0) is 42.9 Å². The van der Waals surface area contributed by atoms with Crippen molar-refractivity contribution in [3.63, 3.8) is 0 Å². The molecule has 0 radical (unpaired) electrons. The lowest BCUT2D eigenvalue weighted by Crippen LogP contribution is -2.35. The van der Waals surface area contributed by atoms with Crippen molar-refractivity contribution in [1.29, 1.82) is 0 Å². The largest absolute Gasteiger partial charge is 0.356 e. The van der Waals surface area contributed by atoms with Crippen LogP contribution in [0.5, 0.6) is 0 Å². The molecule has 0 saturated carbocycles. The molecule has 134 valence electrons. The Balaban J connectivity index is 1.54. The fraction of sp³-hybridized carbons (Fsp3) is 0.333. The standard InChI is InChI=1S/C21H21F2N3/c22-19(23)20-24-18-9-5-4-8-17(18)21(25-20)26-12-10-16(11-13-26)14-15-6-2-1-3-7-15/h1-9,16,19H,10-14H2. The first-order valence-corrected chi connectivity index (χ1v) is 9.04. The summed E-state index contributed by atoms with van der Waals surface area (Å²) in [5.41, 5.74) is 1.94. The number of hydrogen-bond donors (Lipinski definition) is 0. The van der Waals surface area contributed by atoms with Gasteiger partial charge in [0.05, 0.1) is 5.52 Å². The first-order chi connectivity index (χ1) is 12.7. The van der Waals surface area contributed by atoms with Gasteiger partial charge in [-0.25, -0.2) is 18.7 Å². The van der Waals surface area contributed by atoms with Crippen LogP contribution in [0.15, 0.2) is 54.6 Å². The lowest BCUT2D eigenvalue weighted by molar-refractivity contribution is 0.141. The number of piperidine rings is 1. The summed E-state index contributed by atoms with van der Waals surface area (Å²) >= 11 is 0. The Morgan fingerprint density at radius 3 is 2.35 bits per heavy atom. The second-order valence-corrected chi connectivity index (χ2v) is 6.84. The molecule has 0 unspecified atom stereocenters. The smallest absolute Gasteiger partial charge is 0.297 e. The number of anilines is 1. The molecule has 2 aromatic carbocycles. The highest BCUT2D eigenvalue weighted by Gasteiger charge is 2.24. The van der Waals surface area contributed by atoms with Crippen LogP contribution in [0.1, 0.15) is 30.7 Å². The van der Waals surface area contributed by atoms with E-state index in [0.29, 0.717) is 17.3 Å². The van der Waals surface area contributed by atoms with E-state index in [4.69, 9.17) is 0 Å². The quantitative estimate of drug-likeness (QED) is 0.659. The molecule has 3 nitrogen and oxygen atoms in total. The van der Waals surface area contributed by atoms with Crippen molar-refractivity contribution in [3.8, 4) is 0 Å². The van der Waals surface area contributed by atoms with Gasteiger partial charge in [0.25, 0.3) is 6.43 Å². The molecule has 1 aromatic heterocycles. The minimum atomic E-state index is -2.66. The van der Waals surface area contributed by atoms with E-state index < -0.39 is 6.43 Å². The SMILES string of the molecule is FC(F)c1nc(N2CCC(Cc3ccccc3)CC2)c2ccccc2n1.